The lowest BCUT2D eigenvalue weighted by Gasteiger charge is -2.22. The summed E-state index contributed by atoms with van der Waals surface area (Å²) in [4.78, 5) is 21.0. The van der Waals surface area contributed by atoms with Crippen molar-refractivity contribution < 1.29 is 4.79 Å². The zero-order valence-electron chi connectivity index (χ0n) is 12.0. The molecule has 3 rings (SSSR count). The van der Waals surface area contributed by atoms with Gasteiger partial charge in [-0.2, -0.15) is 0 Å². The molecule has 1 aliphatic rings. The predicted octanol–water partition coefficient (Wildman–Crippen LogP) is 2.02. The Bertz CT molecular complexity index is 643. The first-order valence-corrected chi connectivity index (χ1v) is 7.52. The SMILES string of the molecule is NC1CCCCCC1NC(=O)c1cnc2ccccc2n1. The second-order valence-electron chi connectivity index (χ2n) is 5.63. The highest BCUT2D eigenvalue weighted by Gasteiger charge is 2.23. The van der Waals surface area contributed by atoms with Crippen LogP contribution in [0.2, 0.25) is 0 Å². The second-order valence-corrected chi connectivity index (χ2v) is 5.63. The number of carbonyl (C=O) groups is 1. The molecule has 1 aromatic heterocycles. The number of benzene rings is 1. The molecule has 1 saturated carbocycles. The molecular weight excluding hydrogens is 264 g/mol. The standard InChI is InChI=1S/C16H20N4O/c17-11-6-2-1-3-7-12(11)20-16(21)15-10-18-13-8-4-5-9-14(13)19-15/h4-5,8-12H,1-3,6-7,17H2,(H,20,21). The van der Waals surface area contributed by atoms with Crippen LogP contribution in [-0.4, -0.2) is 28.0 Å². The van der Waals surface area contributed by atoms with Crippen LogP contribution < -0.4 is 11.1 Å². The lowest BCUT2D eigenvalue weighted by molar-refractivity contribution is 0.0923. The van der Waals surface area contributed by atoms with Gasteiger partial charge in [-0.1, -0.05) is 31.4 Å². The fourth-order valence-electron chi connectivity index (χ4n) is 2.82. The lowest BCUT2D eigenvalue weighted by atomic mass is 10.0. The number of rotatable bonds is 2. The van der Waals surface area contributed by atoms with Gasteiger partial charge in [0, 0.05) is 12.1 Å². The van der Waals surface area contributed by atoms with E-state index in [0.717, 1.165) is 36.7 Å². The second kappa shape index (κ2) is 6.18. The minimum atomic E-state index is -0.185. The number of amides is 1. The highest BCUT2D eigenvalue weighted by Crippen LogP contribution is 2.17. The minimum absolute atomic E-state index is 0.0323. The van der Waals surface area contributed by atoms with Crippen LogP contribution >= 0.6 is 0 Å². The van der Waals surface area contributed by atoms with Gasteiger partial charge in [0.05, 0.1) is 17.2 Å². The van der Waals surface area contributed by atoms with Gasteiger partial charge in [0.25, 0.3) is 5.91 Å². The molecule has 5 nitrogen and oxygen atoms in total. The molecule has 1 aromatic carbocycles. The Morgan fingerprint density at radius 3 is 2.76 bits per heavy atom. The molecule has 21 heavy (non-hydrogen) atoms. The molecule has 1 aliphatic carbocycles. The summed E-state index contributed by atoms with van der Waals surface area (Å²) in [7, 11) is 0. The monoisotopic (exact) mass is 284 g/mol. The number of nitrogens with zero attached hydrogens (tertiary/aromatic N) is 2. The summed E-state index contributed by atoms with van der Waals surface area (Å²) in [6, 6.07) is 7.60. The summed E-state index contributed by atoms with van der Waals surface area (Å²) < 4.78 is 0. The van der Waals surface area contributed by atoms with E-state index in [1.165, 1.54) is 12.6 Å². The van der Waals surface area contributed by atoms with Gasteiger partial charge in [-0.15, -0.1) is 0 Å². The molecule has 0 radical (unpaired) electrons. The van der Waals surface area contributed by atoms with Crippen LogP contribution in [0.4, 0.5) is 0 Å². The maximum absolute atomic E-state index is 12.3. The van der Waals surface area contributed by atoms with Gasteiger partial charge in [-0.05, 0) is 25.0 Å². The summed E-state index contributed by atoms with van der Waals surface area (Å²) in [5.41, 5.74) is 8.02. The zero-order valence-corrected chi connectivity index (χ0v) is 12.0. The first kappa shape index (κ1) is 13.9. The van der Waals surface area contributed by atoms with Gasteiger partial charge in [-0.3, -0.25) is 9.78 Å². The van der Waals surface area contributed by atoms with Crippen LogP contribution in [0.1, 0.15) is 42.6 Å². The summed E-state index contributed by atoms with van der Waals surface area (Å²) in [6.07, 6.45) is 6.88. The number of hydrogen-bond donors (Lipinski definition) is 2. The molecule has 2 unspecified atom stereocenters. The van der Waals surface area contributed by atoms with E-state index in [4.69, 9.17) is 5.73 Å². The Kier molecular flexibility index (Phi) is 4.10. The lowest BCUT2D eigenvalue weighted by Crippen LogP contribution is -2.47. The zero-order chi connectivity index (χ0) is 14.7. The Morgan fingerprint density at radius 2 is 1.90 bits per heavy atom. The van der Waals surface area contributed by atoms with E-state index < -0.39 is 0 Å². The average Bonchev–Trinajstić information content (AvgIpc) is 2.72. The molecule has 110 valence electrons. The van der Waals surface area contributed by atoms with Crippen LogP contribution in [-0.2, 0) is 0 Å². The fraction of sp³-hybridized carbons (Fsp3) is 0.438. The maximum Gasteiger partial charge on any atom is 0.271 e. The summed E-state index contributed by atoms with van der Waals surface area (Å²) in [5, 5.41) is 3.02. The number of fused-ring (bicyclic) bond motifs is 1. The molecule has 2 atom stereocenters. The Morgan fingerprint density at radius 1 is 1.14 bits per heavy atom. The van der Waals surface area contributed by atoms with E-state index in [0.29, 0.717) is 5.69 Å². The smallest absolute Gasteiger partial charge is 0.271 e. The van der Waals surface area contributed by atoms with E-state index in [9.17, 15) is 4.79 Å². The number of para-hydroxylation sites is 2. The first-order valence-electron chi connectivity index (χ1n) is 7.52. The first-order chi connectivity index (χ1) is 10.2. The quantitative estimate of drug-likeness (QED) is 0.827. The van der Waals surface area contributed by atoms with Crippen molar-refractivity contribution in [3.63, 3.8) is 0 Å². The third-order valence-electron chi connectivity index (χ3n) is 4.07. The normalized spacial score (nSPS) is 22.7. The van der Waals surface area contributed by atoms with Crippen LogP contribution in [0, 0.1) is 0 Å². The van der Waals surface area contributed by atoms with Gasteiger partial charge in [-0.25, -0.2) is 4.98 Å². The van der Waals surface area contributed by atoms with Gasteiger partial charge in [0.2, 0.25) is 0 Å². The van der Waals surface area contributed by atoms with E-state index in [2.05, 4.69) is 15.3 Å². The Hall–Kier alpha value is -2.01. The molecule has 5 heteroatoms. The van der Waals surface area contributed by atoms with Crippen molar-refractivity contribution >= 4 is 16.9 Å². The molecule has 2 aromatic rings. The molecule has 1 fully saturated rings. The third-order valence-corrected chi connectivity index (χ3v) is 4.07. The molecule has 1 heterocycles. The van der Waals surface area contributed by atoms with Crippen molar-refractivity contribution in [1.82, 2.24) is 15.3 Å². The van der Waals surface area contributed by atoms with Crippen molar-refractivity contribution in [3.8, 4) is 0 Å². The van der Waals surface area contributed by atoms with Gasteiger partial charge < -0.3 is 11.1 Å². The van der Waals surface area contributed by atoms with Crippen molar-refractivity contribution in [3.05, 3.63) is 36.2 Å². The van der Waals surface area contributed by atoms with Crippen molar-refractivity contribution in [1.29, 1.82) is 0 Å². The number of nitrogens with one attached hydrogen (secondary N) is 1. The molecular formula is C16H20N4O. The van der Waals surface area contributed by atoms with Crippen LogP contribution in [0.3, 0.4) is 0 Å². The number of aromatic nitrogens is 2. The van der Waals surface area contributed by atoms with E-state index in [1.54, 1.807) is 0 Å². The molecule has 0 bridgehead atoms. The van der Waals surface area contributed by atoms with Crippen LogP contribution in [0.15, 0.2) is 30.5 Å². The van der Waals surface area contributed by atoms with Crippen molar-refractivity contribution in [2.45, 2.75) is 44.2 Å². The topological polar surface area (TPSA) is 80.9 Å². The molecule has 0 saturated heterocycles. The summed E-state index contributed by atoms with van der Waals surface area (Å²) in [5.74, 6) is -0.185. The van der Waals surface area contributed by atoms with E-state index >= 15 is 0 Å². The highest BCUT2D eigenvalue weighted by molar-refractivity contribution is 5.93. The predicted molar refractivity (Wildman–Crippen MR) is 81.9 cm³/mol. The van der Waals surface area contributed by atoms with Crippen LogP contribution in [0.5, 0.6) is 0 Å². The summed E-state index contributed by atoms with van der Waals surface area (Å²) in [6.45, 7) is 0. The molecule has 0 aliphatic heterocycles. The minimum Gasteiger partial charge on any atom is -0.346 e. The maximum atomic E-state index is 12.3. The van der Waals surface area contributed by atoms with Crippen molar-refractivity contribution in [2.24, 2.45) is 5.73 Å². The fourth-order valence-corrected chi connectivity index (χ4v) is 2.82. The third kappa shape index (κ3) is 3.19. The number of nitrogens with two attached hydrogens (primary N) is 1. The van der Waals surface area contributed by atoms with Gasteiger partial charge in [0.1, 0.15) is 5.69 Å². The largest absolute Gasteiger partial charge is 0.346 e. The molecule has 0 spiro atoms. The number of hydrogen-bond acceptors (Lipinski definition) is 4. The van der Waals surface area contributed by atoms with Gasteiger partial charge >= 0.3 is 0 Å². The van der Waals surface area contributed by atoms with Crippen molar-refractivity contribution in [2.75, 3.05) is 0 Å². The van der Waals surface area contributed by atoms with Crippen LogP contribution in [0.25, 0.3) is 11.0 Å². The Labute approximate surface area is 124 Å². The number of carbonyl (C=O) groups excluding carboxylic acids is 1. The summed E-state index contributed by atoms with van der Waals surface area (Å²) >= 11 is 0. The van der Waals surface area contributed by atoms with E-state index in [1.807, 2.05) is 24.3 Å². The van der Waals surface area contributed by atoms with Gasteiger partial charge in [0.15, 0.2) is 0 Å². The van der Waals surface area contributed by atoms with E-state index in [-0.39, 0.29) is 18.0 Å². The molecule has 3 N–H and O–H groups in total. The highest BCUT2D eigenvalue weighted by atomic mass is 16.1. The Balaban J connectivity index is 1.76. The average molecular weight is 284 g/mol. The molecule has 1 amide bonds.